The number of nitrogens with zero attached hydrogens (tertiary/aromatic N) is 1. The minimum absolute atomic E-state index is 0.148. The minimum Gasteiger partial charge on any atom is -0.379 e. The molecular formula is C19H27N3O5S. The molecule has 3 rings (SSSR count). The van der Waals surface area contributed by atoms with Crippen LogP contribution in [0.5, 0.6) is 0 Å². The second-order valence-corrected chi connectivity index (χ2v) is 8.91. The van der Waals surface area contributed by atoms with Crippen LogP contribution in [0.1, 0.15) is 42.1 Å². The van der Waals surface area contributed by atoms with Crippen LogP contribution in [0.2, 0.25) is 0 Å². The second-order valence-electron chi connectivity index (χ2n) is 7.01. The SMILES string of the molecule is CCc1ccc(C(=O)NC2CCCCNC2=O)cc1S(=O)(=O)N1CCOCC1. The second kappa shape index (κ2) is 9.02. The van der Waals surface area contributed by atoms with E-state index >= 15 is 0 Å². The van der Waals surface area contributed by atoms with Gasteiger partial charge in [-0.25, -0.2) is 8.42 Å². The van der Waals surface area contributed by atoms with E-state index in [0.29, 0.717) is 51.3 Å². The number of aryl methyl sites for hydroxylation is 1. The largest absolute Gasteiger partial charge is 0.379 e. The standard InChI is InChI=1S/C19H27N3O5S/c1-2-14-6-7-15(18(23)21-16-5-3-4-8-20-19(16)24)13-17(14)28(25,26)22-9-11-27-12-10-22/h6-7,13,16H,2-5,8-12H2,1H3,(H,20,24)(H,21,23). The summed E-state index contributed by atoms with van der Waals surface area (Å²) in [5, 5.41) is 5.52. The number of carbonyl (C=O) groups is 2. The van der Waals surface area contributed by atoms with Crippen LogP contribution < -0.4 is 10.6 Å². The molecule has 8 nitrogen and oxygen atoms in total. The lowest BCUT2D eigenvalue weighted by atomic mass is 10.1. The first-order valence-corrected chi connectivity index (χ1v) is 11.2. The molecule has 0 saturated carbocycles. The van der Waals surface area contributed by atoms with Crippen molar-refractivity contribution in [2.75, 3.05) is 32.8 Å². The molecule has 1 aromatic rings. The van der Waals surface area contributed by atoms with Crippen LogP contribution in [0.15, 0.2) is 23.1 Å². The summed E-state index contributed by atoms with van der Waals surface area (Å²) in [7, 11) is -3.72. The molecule has 2 aliphatic rings. The molecule has 2 saturated heterocycles. The number of amides is 2. The average Bonchev–Trinajstić information content (AvgIpc) is 2.92. The van der Waals surface area contributed by atoms with E-state index in [2.05, 4.69) is 10.6 Å². The molecule has 1 atom stereocenters. The van der Waals surface area contributed by atoms with Gasteiger partial charge in [0.05, 0.1) is 18.1 Å². The summed E-state index contributed by atoms with van der Waals surface area (Å²) in [5.74, 6) is -0.639. The van der Waals surface area contributed by atoms with Crippen molar-refractivity contribution in [2.24, 2.45) is 0 Å². The third kappa shape index (κ3) is 4.53. The van der Waals surface area contributed by atoms with Crippen molar-refractivity contribution in [3.63, 3.8) is 0 Å². The molecule has 2 heterocycles. The lowest BCUT2D eigenvalue weighted by Gasteiger charge is -2.27. The van der Waals surface area contributed by atoms with E-state index in [1.807, 2.05) is 6.92 Å². The molecule has 154 valence electrons. The number of carbonyl (C=O) groups excluding carboxylic acids is 2. The summed E-state index contributed by atoms with van der Waals surface area (Å²) in [5.41, 5.74) is 0.899. The van der Waals surface area contributed by atoms with Gasteiger partial charge >= 0.3 is 0 Å². The molecule has 2 amide bonds. The average molecular weight is 410 g/mol. The van der Waals surface area contributed by atoms with Crippen LogP contribution in [-0.2, 0) is 26.0 Å². The first kappa shape index (κ1) is 20.8. The highest BCUT2D eigenvalue weighted by Crippen LogP contribution is 2.23. The van der Waals surface area contributed by atoms with E-state index in [4.69, 9.17) is 4.74 Å². The highest BCUT2D eigenvalue weighted by Gasteiger charge is 2.29. The molecule has 2 aliphatic heterocycles. The molecule has 1 unspecified atom stereocenters. The number of benzene rings is 1. The van der Waals surface area contributed by atoms with Gasteiger partial charge in [-0.05, 0) is 43.4 Å². The van der Waals surface area contributed by atoms with E-state index < -0.39 is 22.0 Å². The Kier molecular flexibility index (Phi) is 6.69. The molecule has 2 fully saturated rings. The van der Waals surface area contributed by atoms with Crippen LogP contribution in [-0.4, -0.2) is 63.4 Å². The Morgan fingerprint density at radius 3 is 2.75 bits per heavy atom. The van der Waals surface area contributed by atoms with Gasteiger partial charge in [0, 0.05) is 25.2 Å². The Balaban J connectivity index is 1.85. The molecule has 1 aromatic carbocycles. The molecule has 9 heteroatoms. The predicted molar refractivity (Wildman–Crippen MR) is 104 cm³/mol. The minimum atomic E-state index is -3.72. The van der Waals surface area contributed by atoms with Crippen LogP contribution in [0.3, 0.4) is 0 Å². The van der Waals surface area contributed by atoms with Crippen LogP contribution in [0.25, 0.3) is 0 Å². The van der Waals surface area contributed by atoms with E-state index in [9.17, 15) is 18.0 Å². The summed E-state index contributed by atoms with van der Waals surface area (Å²) in [6.07, 6.45) is 2.83. The Morgan fingerprint density at radius 1 is 1.29 bits per heavy atom. The third-order valence-electron chi connectivity index (χ3n) is 5.14. The fourth-order valence-corrected chi connectivity index (χ4v) is 5.20. The topological polar surface area (TPSA) is 105 Å². The number of ether oxygens (including phenoxy) is 1. The fraction of sp³-hybridized carbons (Fsp3) is 0.579. The summed E-state index contributed by atoms with van der Waals surface area (Å²) in [6, 6.07) is 4.12. The van der Waals surface area contributed by atoms with Crippen molar-refractivity contribution >= 4 is 21.8 Å². The van der Waals surface area contributed by atoms with E-state index in [1.165, 1.54) is 10.4 Å². The Bertz CT molecular complexity index is 834. The smallest absolute Gasteiger partial charge is 0.251 e. The Morgan fingerprint density at radius 2 is 2.04 bits per heavy atom. The van der Waals surface area contributed by atoms with E-state index in [0.717, 1.165) is 12.8 Å². The van der Waals surface area contributed by atoms with Crippen molar-refractivity contribution in [3.05, 3.63) is 29.3 Å². The Labute approximate surface area is 165 Å². The number of sulfonamides is 1. The van der Waals surface area contributed by atoms with Gasteiger partial charge in [-0.3, -0.25) is 9.59 Å². The molecule has 28 heavy (non-hydrogen) atoms. The zero-order valence-electron chi connectivity index (χ0n) is 16.1. The monoisotopic (exact) mass is 409 g/mol. The zero-order valence-corrected chi connectivity index (χ0v) is 16.9. The summed E-state index contributed by atoms with van der Waals surface area (Å²) in [6.45, 7) is 3.80. The van der Waals surface area contributed by atoms with Crippen LogP contribution in [0, 0.1) is 0 Å². The van der Waals surface area contributed by atoms with Crippen molar-refractivity contribution < 1.29 is 22.7 Å². The van der Waals surface area contributed by atoms with Crippen LogP contribution in [0.4, 0.5) is 0 Å². The number of nitrogens with one attached hydrogen (secondary N) is 2. The number of hydrogen-bond donors (Lipinski definition) is 2. The summed E-state index contributed by atoms with van der Waals surface area (Å²) in [4.78, 5) is 24.9. The maximum absolute atomic E-state index is 13.1. The summed E-state index contributed by atoms with van der Waals surface area (Å²) < 4.78 is 32.8. The number of morpholine rings is 1. The predicted octanol–water partition coefficient (Wildman–Crippen LogP) is 0.668. The van der Waals surface area contributed by atoms with Gasteiger partial charge < -0.3 is 15.4 Å². The van der Waals surface area contributed by atoms with E-state index in [-0.39, 0.29) is 16.4 Å². The van der Waals surface area contributed by atoms with E-state index in [1.54, 1.807) is 12.1 Å². The van der Waals surface area contributed by atoms with Gasteiger partial charge in [0.15, 0.2) is 0 Å². The molecule has 0 bridgehead atoms. The maximum Gasteiger partial charge on any atom is 0.251 e. The third-order valence-corrected chi connectivity index (χ3v) is 7.12. The van der Waals surface area contributed by atoms with Crippen LogP contribution >= 0.6 is 0 Å². The Hall–Kier alpha value is -1.97. The van der Waals surface area contributed by atoms with Gasteiger partial charge in [-0.2, -0.15) is 4.31 Å². The van der Waals surface area contributed by atoms with Gasteiger partial charge in [-0.15, -0.1) is 0 Å². The highest BCUT2D eigenvalue weighted by molar-refractivity contribution is 7.89. The van der Waals surface area contributed by atoms with Crippen molar-refractivity contribution in [2.45, 2.75) is 43.5 Å². The lowest BCUT2D eigenvalue weighted by molar-refractivity contribution is -0.122. The lowest BCUT2D eigenvalue weighted by Crippen LogP contribution is -2.45. The summed E-state index contributed by atoms with van der Waals surface area (Å²) >= 11 is 0. The highest BCUT2D eigenvalue weighted by atomic mass is 32.2. The quantitative estimate of drug-likeness (QED) is 0.744. The molecule has 0 aromatic heterocycles. The molecule has 0 aliphatic carbocycles. The van der Waals surface area contributed by atoms with Gasteiger partial charge in [-0.1, -0.05) is 13.0 Å². The normalized spacial score (nSPS) is 21.6. The molecular weight excluding hydrogens is 382 g/mol. The first-order valence-electron chi connectivity index (χ1n) is 9.73. The zero-order chi connectivity index (χ0) is 20.1. The first-order chi connectivity index (χ1) is 13.4. The van der Waals surface area contributed by atoms with Gasteiger partial charge in [0.2, 0.25) is 15.9 Å². The van der Waals surface area contributed by atoms with Crippen molar-refractivity contribution in [1.82, 2.24) is 14.9 Å². The van der Waals surface area contributed by atoms with Crippen molar-refractivity contribution in [3.8, 4) is 0 Å². The van der Waals surface area contributed by atoms with Gasteiger partial charge in [0.25, 0.3) is 5.91 Å². The number of rotatable bonds is 5. The molecule has 0 spiro atoms. The fourth-order valence-electron chi connectivity index (χ4n) is 3.47. The molecule has 0 radical (unpaired) electrons. The number of hydrogen-bond acceptors (Lipinski definition) is 5. The van der Waals surface area contributed by atoms with Gasteiger partial charge in [0.1, 0.15) is 6.04 Å². The molecule has 2 N–H and O–H groups in total. The van der Waals surface area contributed by atoms with Crippen molar-refractivity contribution in [1.29, 1.82) is 0 Å². The maximum atomic E-state index is 13.1.